The van der Waals surface area contributed by atoms with Gasteiger partial charge >= 0.3 is 0 Å². The van der Waals surface area contributed by atoms with Gasteiger partial charge in [-0.25, -0.2) is 0 Å². The van der Waals surface area contributed by atoms with Crippen LogP contribution < -0.4 is 14.2 Å². The zero-order valence-electron chi connectivity index (χ0n) is 10.1. The van der Waals surface area contributed by atoms with Gasteiger partial charge in [0.2, 0.25) is 0 Å². The molecule has 4 heteroatoms. The molecular formula is C14H13ClO3. The van der Waals surface area contributed by atoms with Crippen LogP contribution in [0.3, 0.4) is 0 Å². The van der Waals surface area contributed by atoms with Gasteiger partial charge in [0.1, 0.15) is 11.5 Å². The molecule has 0 saturated heterocycles. The summed E-state index contributed by atoms with van der Waals surface area (Å²) in [6.07, 6.45) is 0. The Kier molecular flexibility index (Phi) is 3.95. The van der Waals surface area contributed by atoms with E-state index >= 15 is 0 Å². The van der Waals surface area contributed by atoms with E-state index in [2.05, 4.69) is 0 Å². The number of hydrogen-bond acceptors (Lipinski definition) is 3. The summed E-state index contributed by atoms with van der Waals surface area (Å²) in [5.41, 5.74) is 0. The van der Waals surface area contributed by atoms with Gasteiger partial charge in [-0.2, -0.15) is 0 Å². The topological polar surface area (TPSA) is 27.7 Å². The van der Waals surface area contributed by atoms with Gasteiger partial charge < -0.3 is 14.2 Å². The Labute approximate surface area is 111 Å². The molecule has 0 aromatic heterocycles. The molecule has 0 unspecified atom stereocenters. The quantitative estimate of drug-likeness (QED) is 0.830. The van der Waals surface area contributed by atoms with Crippen molar-refractivity contribution in [1.82, 2.24) is 0 Å². The fourth-order valence-corrected chi connectivity index (χ4v) is 1.64. The fraction of sp³-hybridized carbons (Fsp3) is 0.143. The van der Waals surface area contributed by atoms with E-state index in [1.807, 2.05) is 6.07 Å². The standard InChI is InChI=1S/C14H13ClO3/c1-16-13-8-7-12(9-14(13)17-2)18-11-5-3-10(15)4-6-11/h3-9H,1-2H3. The highest BCUT2D eigenvalue weighted by atomic mass is 35.5. The van der Waals surface area contributed by atoms with Crippen LogP contribution in [-0.4, -0.2) is 14.2 Å². The van der Waals surface area contributed by atoms with Crippen molar-refractivity contribution >= 4 is 11.6 Å². The van der Waals surface area contributed by atoms with Gasteiger partial charge in [-0.1, -0.05) is 11.6 Å². The lowest BCUT2D eigenvalue weighted by Crippen LogP contribution is -1.91. The Balaban J connectivity index is 2.21. The molecule has 0 bridgehead atoms. The fourth-order valence-electron chi connectivity index (χ4n) is 1.52. The number of halogens is 1. The minimum Gasteiger partial charge on any atom is -0.493 e. The first kappa shape index (κ1) is 12.6. The van der Waals surface area contributed by atoms with Crippen LogP contribution in [0.25, 0.3) is 0 Å². The first-order valence-corrected chi connectivity index (χ1v) is 5.76. The molecule has 0 saturated carbocycles. The molecule has 0 atom stereocenters. The molecule has 2 aromatic carbocycles. The summed E-state index contributed by atoms with van der Waals surface area (Å²) < 4.78 is 16.0. The Morgan fingerprint density at radius 1 is 0.778 bits per heavy atom. The van der Waals surface area contributed by atoms with Crippen LogP contribution in [0.2, 0.25) is 5.02 Å². The molecule has 0 aliphatic carbocycles. The van der Waals surface area contributed by atoms with Crippen LogP contribution >= 0.6 is 11.6 Å². The van der Waals surface area contributed by atoms with Crippen LogP contribution in [-0.2, 0) is 0 Å². The van der Waals surface area contributed by atoms with Crippen LogP contribution in [0.4, 0.5) is 0 Å². The normalized spacial score (nSPS) is 9.94. The minimum atomic E-state index is 0.629. The van der Waals surface area contributed by atoms with Crippen LogP contribution in [0.1, 0.15) is 0 Å². The van der Waals surface area contributed by atoms with Crippen molar-refractivity contribution in [2.75, 3.05) is 14.2 Å². The molecule has 94 valence electrons. The summed E-state index contributed by atoms with van der Waals surface area (Å²) in [6.45, 7) is 0. The van der Waals surface area contributed by atoms with E-state index in [-0.39, 0.29) is 0 Å². The summed E-state index contributed by atoms with van der Waals surface area (Å²) in [5, 5.41) is 0.676. The molecular weight excluding hydrogens is 252 g/mol. The maximum Gasteiger partial charge on any atom is 0.164 e. The molecule has 0 radical (unpaired) electrons. The number of ether oxygens (including phenoxy) is 3. The minimum absolute atomic E-state index is 0.629. The highest BCUT2D eigenvalue weighted by molar-refractivity contribution is 6.30. The average Bonchev–Trinajstić information content (AvgIpc) is 2.41. The lowest BCUT2D eigenvalue weighted by molar-refractivity contribution is 0.352. The van der Waals surface area contributed by atoms with E-state index in [0.29, 0.717) is 28.0 Å². The van der Waals surface area contributed by atoms with Gasteiger partial charge in [0.25, 0.3) is 0 Å². The third-order valence-electron chi connectivity index (χ3n) is 2.40. The van der Waals surface area contributed by atoms with E-state index in [1.165, 1.54) is 0 Å². The summed E-state index contributed by atoms with van der Waals surface area (Å²) >= 11 is 5.81. The number of methoxy groups -OCH3 is 2. The van der Waals surface area contributed by atoms with Crippen molar-refractivity contribution in [3.8, 4) is 23.0 Å². The van der Waals surface area contributed by atoms with Crippen LogP contribution in [0.15, 0.2) is 42.5 Å². The maximum absolute atomic E-state index is 5.81. The highest BCUT2D eigenvalue weighted by Gasteiger charge is 2.05. The van der Waals surface area contributed by atoms with Crippen molar-refractivity contribution in [1.29, 1.82) is 0 Å². The number of hydrogen-bond donors (Lipinski definition) is 0. The third-order valence-corrected chi connectivity index (χ3v) is 2.66. The summed E-state index contributed by atoms with van der Waals surface area (Å²) in [7, 11) is 3.18. The first-order valence-electron chi connectivity index (χ1n) is 5.38. The second-order valence-corrected chi connectivity index (χ2v) is 4.01. The van der Waals surface area contributed by atoms with Crippen molar-refractivity contribution in [3.05, 3.63) is 47.5 Å². The molecule has 18 heavy (non-hydrogen) atoms. The van der Waals surface area contributed by atoms with Gasteiger partial charge in [-0.15, -0.1) is 0 Å². The molecule has 0 heterocycles. The zero-order valence-corrected chi connectivity index (χ0v) is 10.9. The second kappa shape index (κ2) is 5.65. The molecule has 2 aromatic rings. The summed E-state index contributed by atoms with van der Waals surface area (Å²) in [6, 6.07) is 12.5. The highest BCUT2D eigenvalue weighted by Crippen LogP contribution is 2.33. The molecule has 0 aliphatic rings. The summed E-state index contributed by atoms with van der Waals surface area (Å²) in [5.74, 6) is 2.69. The van der Waals surface area contributed by atoms with Gasteiger partial charge in [0.15, 0.2) is 11.5 Å². The van der Waals surface area contributed by atoms with Crippen molar-refractivity contribution in [2.24, 2.45) is 0 Å². The number of rotatable bonds is 4. The molecule has 2 rings (SSSR count). The molecule has 0 fully saturated rings. The third kappa shape index (κ3) is 2.87. The van der Waals surface area contributed by atoms with E-state index in [0.717, 1.165) is 0 Å². The van der Waals surface area contributed by atoms with Crippen LogP contribution in [0.5, 0.6) is 23.0 Å². The Morgan fingerprint density at radius 2 is 1.39 bits per heavy atom. The maximum atomic E-state index is 5.81. The number of benzene rings is 2. The Bertz CT molecular complexity index is 523. The smallest absolute Gasteiger partial charge is 0.164 e. The zero-order chi connectivity index (χ0) is 13.0. The van der Waals surface area contributed by atoms with Gasteiger partial charge in [0.05, 0.1) is 14.2 Å². The van der Waals surface area contributed by atoms with Crippen molar-refractivity contribution in [3.63, 3.8) is 0 Å². The van der Waals surface area contributed by atoms with Gasteiger partial charge in [-0.3, -0.25) is 0 Å². The van der Waals surface area contributed by atoms with Crippen LogP contribution in [0, 0.1) is 0 Å². The molecule has 0 N–H and O–H groups in total. The average molecular weight is 265 g/mol. The van der Waals surface area contributed by atoms with E-state index in [1.54, 1.807) is 50.6 Å². The predicted octanol–water partition coefficient (Wildman–Crippen LogP) is 4.15. The Morgan fingerprint density at radius 3 is 2.00 bits per heavy atom. The van der Waals surface area contributed by atoms with Crippen molar-refractivity contribution in [2.45, 2.75) is 0 Å². The van der Waals surface area contributed by atoms with E-state index < -0.39 is 0 Å². The van der Waals surface area contributed by atoms with Gasteiger partial charge in [0, 0.05) is 11.1 Å². The molecule has 0 spiro atoms. The predicted molar refractivity (Wildman–Crippen MR) is 71.1 cm³/mol. The summed E-state index contributed by atoms with van der Waals surface area (Å²) in [4.78, 5) is 0. The van der Waals surface area contributed by atoms with Crippen molar-refractivity contribution < 1.29 is 14.2 Å². The van der Waals surface area contributed by atoms with E-state index in [4.69, 9.17) is 25.8 Å². The lowest BCUT2D eigenvalue weighted by Gasteiger charge is -2.10. The SMILES string of the molecule is COc1ccc(Oc2ccc(Cl)cc2)cc1OC. The van der Waals surface area contributed by atoms with E-state index in [9.17, 15) is 0 Å². The molecule has 0 amide bonds. The van der Waals surface area contributed by atoms with Gasteiger partial charge in [-0.05, 0) is 36.4 Å². The lowest BCUT2D eigenvalue weighted by atomic mass is 10.3. The second-order valence-electron chi connectivity index (χ2n) is 3.57. The first-order chi connectivity index (χ1) is 8.72. The Hall–Kier alpha value is -1.87. The largest absolute Gasteiger partial charge is 0.493 e. The molecule has 3 nitrogen and oxygen atoms in total. The monoisotopic (exact) mass is 264 g/mol. The molecule has 0 aliphatic heterocycles.